The van der Waals surface area contributed by atoms with Crippen LogP contribution in [-0.4, -0.2) is 35.1 Å². The van der Waals surface area contributed by atoms with Crippen molar-refractivity contribution < 1.29 is 14.6 Å². The summed E-state index contributed by atoms with van der Waals surface area (Å²) in [5.74, 6) is 1.55. The quantitative estimate of drug-likeness (QED) is 0.357. The summed E-state index contributed by atoms with van der Waals surface area (Å²) >= 11 is 5.59. The van der Waals surface area contributed by atoms with Gasteiger partial charge in [0.15, 0.2) is 11.8 Å². The van der Waals surface area contributed by atoms with Gasteiger partial charge < -0.3 is 14.6 Å². The SMILES string of the molecule is CCC(C)Oc1ccc(C=NN(C)[P+](=S)C(C)Oc2ccc(O)cc2)cc1. The number of hydrogen-bond donors (Lipinski definition) is 1. The van der Waals surface area contributed by atoms with E-state index in [0.717, 1.165) is 17.7 Å². The molecule has 2 aromatic carbocycles. The highest BCUT2D eigenvalue weighted by Gasteiger charge is 2.27. The molecular formula is C20H26N2O3PS+. The van der Waals surface area contributed by atoms with Crippen molar-refractivity contribution in [3.05, 3.63) is 54.1 Å². The third kappa shape index (κ3) is 6.81. The number of hydrogen-bond acceptors (Lipinski definition) is 5. The van der Waals surface area contributed by atoms with E-state index in [1.165, 1.54) is 0 Å². The molecule has 0 amide bonds. The van der Waals surface area contributed by atoms with Crippen molar-refractivity contribution in [2.24, 2.45) is 5.10 Å². The van der Waals surface area contributed by atoms with Crippen molar-refractivity contribution >= 4 is 24.9 Å². The van der Waals surface area contributed by atoms with Crippen LogP contribution in [0.4, 0.5) is 0 Å². The third-order valence-electron chi connectivity index (χ3n) is 3.91. The molecule has 0 aliphatic heterocycles. The number of benzene rings is 2. The van der Waals surface area contributed by atoms with Gasteiger partial charge in [0.2, 0.25) is 0 Å². The van der Waals surface area contributed by atoms with Gasteiger partial charge in [-0.25, -0.2) is 0 Å². The van der Waals surface area contributed by atoms with Gasteiger partial charge in [-0.3, -0.25) is 0 Å². The summed E-state index contributed by atoms with van der Waals surface area (Å²) in [5.41, 5.74) is 0.976. The van der Waals surface area contributed by atoms with Crippen LogP contribution < -0.4 is 9.47 Å². The Morgan fingerprint density at radius 3 is 2.22 bits per heavy atom. The molecule has 0 heterocycles. The second-order valence-corrected chi connectivity index (χ2v) is 9.19. The van der Waals surface area contributed by atoms with Crippen molar-refractivity contribution in [1.82, 2.24) is 4.78 Å². The number of ether oxygens (including phenoxy) is 2. The number of rotatable bonds is 9. The number of phenolic OH excluding ortho intramolecular Hbond substituents is 1. The Morgan fingerprint density at radius 1 is 1.07 bits per heavy atom. The number of nitrogens with zero attached hydrogens (tertiary/aromatic N) is 2. The number of aromatic hydroxyl groups is 1. The van der Waals surface area contributed by atoms with Crippen LogP contribution >= 0.6 is 6.85 Å². The molecule has 7 heteroatoms. The van der Waals surface area contributed by atoms with E-state index in [0.29, 0.717) is 5.75 Å². The van der Waals surface area contributed by atoms with Crippen LogP contribution in [0.15, 0.2) is 53.6 Å². The predicted molar refractivity (Wildman–Crippen MR) is 115 cm³/mol. The van der Waals surface area contributed by atoms with Crippen LogP contribution in [0.5, 0.6) is 17.2 Å². The summed E-state index contributed by atoms with van der Waals surface area (Å²) in [5, 5.41) is 13.8. The summed E-state index contributed by atoms with van der Waals surface area (Å²) in [6.07, 6.45) is 2.96. The lowest BCUT2D eigenvalue weighted by atomic mass is 10.2. The maximum absolute atomic E-state index is 9.33. The van der Waals surface area contributed by atoms with Gasteiger partial charge in [-0.1, -0.05) is 6.92 Å². The molecule has 2 aromatic rings. The fraction of sp³-hybridized carbons (Fsp3) is 0.350. The van der Waals surface area contributed by atoms with Gasteiger partial charge in [0, 0.05) is 6.92 Å². The Kier molecular flexibility index (Phi) is 8.01. The topological polar surface area (TPSA) is 54.3 Å². The minimum atomic E-state index is -1.04. The molecule has 27 heavy (non-hydrogen) atoms. The minimum absolute atomic E-state index is 0.187. The fourth-order valence-electron chi connectivity index (χ4n) is 2.15. The predicted octanol–water partition coefficient (Wildman–Crippen LogP) is 5.12. The molecule has 0 fully saturated rings. The van der Waals surface area contributed by atoms with Crippen LogP contribution in [0.1, 0.15) is 32.8 Å². The number of hydrazone groups is 1. The van der Waals surface area contributed by atoms with Gasteiger partial charge in [-0.05, 0) is 67.4 Å². The molecule has 0 bridgehead atoms. The zero-order valence-electron chi connectivity index (χ0n) is 16.1. The maximum Gasteiger partial charge on any atom is 0.355 e. The highest BCUT2D eigenvalue weighted by Crippen LogP contribution is 2.34. The smallest absolute Gasteiger partial charge is 0.355 e. The van der Waals surface area contributed by atoms with E-state index >= 15 is 0 Å². The van der Waals surface area contributed by atoms with Gasteiger partial charge in [0.05, 0.1) is 19.4 Å². The summed E-state index contributed by atoms with van der Waals surface area (Å²) in [4.78, 5) is 0. The van der Waals surface area contributed by atoms with Gasteiger partial charge in [-0.2, -0.15) is 0 Å². The molecule has 1 N–H and O–H groups in total. The Bertz CT molecular complexity index is 766. The van der Waals surface area contributed by atoms with E-state index < -0.39 is 6.85 Å². The Morgan fingerprint density at radius 2 is 1.63 bits per heavy atom. The molecule has 3 unspecified atom stereocenters. The second-order valence-electron chi connectivity index (χ2n) is 6.15. The lowest BCUT2D eigenvalue weighted by Crippen LogP contribution is -2.14. The van der Waals surface area contributed by atoms with E-state index in [2.05, 4.69) is 18.9 Å². The molecule has 144 valence electrons. The van der Waals surface area contributed by atoms with Gasteiger partial charge in [-0.15, -0.1) is 9.88 Å². The molecule has 5 nitrogen and oxygen atoms in total. The summed E-state index contributed by atoms with van der Waals surface area (Å²) in [6, 6.07) is 14.4. The number of phenols is 1. The molecule has 0 aromatic heterocycles. The van der Waals surface area contributed by atoms with Gasteiger partial charge in [0.1, 0.15) is 17.2 Å². The standard InChI is InChI=1S/C20H25N2O3PS/c1-5-15(2)24-19-10-6-17(7-11-19)14-21-22(4)26(27)16(3)25-20-12-8-18(23)9-13-20/h6-16H,5H2,1-4H3/p+1. The Labute approximate surface area is 167 Å². The zero-order valence-corrected chi connectivity index (χ0v) is 17.8. The first-order valence-electron chi connectivity index (χ1n) is 8.85. The molecule has 0 radical (unpaired) electrons. The van der Waals surface area contributed by atoms with Crippen molar-refractivity contribution in [2.75, 3.05) is 7.05 Å². The summed E-state index contributed by atoms with van der Waals surface area (Å²) < 4.78 is 13.4. The van der Waals surface area contributed by atoms with E-state index in [1.54, 1.807) is 35.3 Å². The van der Waals surface area contributed by atoms with Crippen LogP contribution in [0.2, 0.25) is 0 Å². The first-order chi connectivity index (χ1) is 12.9. The van der Waals surface area contributed by atoms with E-state index in [1.807, 2.05) is 38.2 Å². The maximum atomic E-state index is 9.33. The van der Waals surface area contributed by atoms with Gasteiger partial charge in [0.25, 0.3) is 5.85 Å². The van der Waals surface area contributed by atoms with Crippen LogP contribution in [0, 0.1) is 0 Å². The highest BCUT2D eigenvalue weighted by molar-refractivity contribution is 8.04. The molecule has 3 atom stereocenters. The normalized spacial score (nSPS) is 13.9. The average Bonchev–Trinajstić information content (AvgIpc) is 2.68. The van der Waals surface area contributed by atoms with E-state index in [-0.39, 0.29) is 17.7 Å². The van der Waals surface area contributed by atoms with Crippen LogP contribution in [0.3, 0.4) is 0 Å². The van der Waals surface area contributed by atoms with Crippen molar-refractivity contribution in [2.45, 2.75) is 39.1 Å². The molecule has 0 saturated carbocycles. The Balaban J connectivity index is 1.91. The summed E-state index contributed by atoms with van der Waals surface area (Å²) in [6.45, 7) is 5.04. The zero-order chi connectivity index (χ0) is 19.8. The van der Waals surface area contributed by atoms with Crippen molar-refractivity contribution in [1.29, 1.82) is 0 Å². The molecule has 0 spiro atoms. The Hall–Kier alpha value is -2.17. The first kappa shape index (κ1) is 21.1. The summed E-state index contributed by atoms with van der Waals surface area (Å²) in [7, 11) is 1.85. The van der Waals surface area contributed by atoms with E-state index in [9.17, 15) is 5.11 Å². The molecule has 0 aliphatic rings. The lowest BCUT2D eigenvalue weighted by molar-refractivity contribution is 0.217. The largest absolute Gasteiger partial charge is 0.508 e. The fourth-order valence-corrected chi connectivity index (χ4v) is 3.24. The molecular weight excluding hydrogens is 379 g/mol. The third-order valence-corrected chi connectivity index (χ3v) is 6.91. The van der Waals surface area contributed by atoms with Gasteiger partial charge >= 0.3 is 6.85 Å². The minimum Gasteiger partial charge on any atom is -0.508 e. The average molecular weight is 405 g/mol. The van der Waals surface area contributed by atoms with Crippen molar-refractivity contribution in [3.8, 4) is 17.2 Å². The monoisotopic (exact) mass is 405 g/mol. The highest BCUT2D eigenvalue weighted by atomic mass is 32.4. The molecule has 2 rings (SSSR count). The van der Waals surface area contributed by atoms with Crippen LogP contribution in [0.25, 0.3) is 0 Å². The lowest BCUT2D eigenvalue weighted by Gasteiger charge is -2.12. The molecule has 0 saturated heterocycles. The second kappa shape index (κ2) is 10.2. The first-order valence-corrected chi connectivity index (χ1v) is 11.2. The van der Waals surface area contributed by atoms with Crippen molar-refractivity contribution in [3.63, 3.8) is 0 Å². The molecule has 0 aliphatic carbocycles. The van der Waals surface area contributed by atoms with E-state index in [4.69, 9.17) is 21.3 Å². The van der Waals surface area contributed by atoms with Crippen LogP contribution in [-0.2, 0) is 11.8 Å².